The predicted octanol–water partition coefficient (Wildman–Crippen LogP) is 4.67. The highest BCUT2D eigenvalue weighted by atomic mass is 35.5. The molecule has 9 heteroatoms. The van der Waals surface area contributed by atoms with Crippen LogP contribution in [0.5, 0.6) is 0 Å². The third kappa shape index (κ3) is 5.82. The first-order chi connectivity index (χ1) is 17.6. The minimum atomic E-state index is -3.71. The van der Waals surface area contributed by atoms with Crippen LogP contribution in [-0.4, -0.2) is 62.5 Å². The van der Waals surface area contributed by atoms with Crippen molar-refractivity contribution in [2.24, 2.45) is 4.99 Å². The SMILES string of the molecule is CC(N=C1NS(=O)(=O)C(Cc2ccc(C3CCN(C4COC4)CC3)cc2)C(C)(C)O1)c1ccccc1Cl. The van der Waals surface area contributed by atoms with Crippen LogP contribution < -0.4 is 4.72 Å². The topological polar surface area (TPSA) is 80.2 Å². The average Bonchev–Trinajstić information content (AvgIpc) is 2.81. The van der Waals surface area contributed by atoms with Gasteiger partial charge < -0.3 is 9.47 Å². The molecule has 7 nitrogen and oxygen atoms in total. The average molecular weight is 546 g/mol. The monoisotopic (exact) mass is 545 g/mol. The predicted molar refractivity (Wildman–Crippen MR) is 147 cm³/mol. The molecular weight excluding hydrogens is 510 g/mol. The molecule has 3 aliphatic heterocycles. The summed E-state index contributed by atoms with van der Waals surface area (Å²) < 4.78 is 40.6. The van der Waals surface area contributed by atoms with E-state index < -0.39 is 20.9 Å². The van der Waals surface area contributed by atoms with Crippen molar-refractivity contribution in [1.82, 2.24) is 9.62 Å². The first kappa shape index (κ1) is 26.5. The second-order valence-electron chi connectivity index (χ2n) is 10.9. The number of sulfonamides is 1. The zero-order valence-electron chi connectivity index (χ0n) is 21.7. The maximum Gasteiger partial charge on any atom is 0.299 e. The number of ether oxygens (including phenoxy) is 2. The van der Waals surface area contributed by atoms with E-state index in [-0.39, 0.29) is 12.1 Å². The van der Waals surface area contributed by atoms with E-state index in [4.69, 9.17) is 21.1 Å². The highest BCUT2D eigenvalue weighted by Crippen LogP contribution is 2.33. The number of rotatable bonds is 6. The Morgan fingerprint density at radius 3 is 2.38 bits per heavy atom. The summed E-state index contributed by atoms with van der Waals surface area (Å²) in [6, 6.07) is 16.1. The second-order valence-corrected chi connectivity index (χ2v) is 13.2. The number of amidine groups is 1. The summed E-state index contributed by atoms with van der Waals surface area (Å²) in [7, 11) is -3.71. The van der Waals surface area contributed by atoms with E-state index in [1.54, 1.807) is 19.9 Å². The van der Waals surface area contributed by atoms with Crippen molar-refractivity contribution < 1.29 is 17.9 Å². The number of benzene rings is 2. The molecule has 3 saturated heterocycles. The Morgan fingerprint density at radius 2 is 1.78 bits per heavy atom. The molecule has 2 aromatic carbocycles. The highest BCUT2D eigenvalue weighted by Gasteiger charge is 2.47. The molecule has 0 radical (unpaired) electrons. The van der Waals surface area contributed by atoms with E-state index in [2.05, 4.69) is 38.9 Å². The number of piperidine rings is 1. The first-order valence-corrected chi connectivity index (χ1v) is 15.0. The number of hydrogen-bond acceptors (Lipinski definition) is 6. The molecule has 0 spiro atoms. The molecule has 0 aromatic heterocycles. The van der Waals surface area contributed by atoms with Gasteiger partial charge in [-0.1, -0.05) is 54.1 Å². The molecule has 2 unspecified atom stereocenters. The molecule has 0 saturated carbocycles. The molecule has 0 bridgehead atoms. The maximum absolute atomic E-state index is 13.3. The van der Waals surface area contributed by atoms with Crippen LogP contribution in [0.2, 0.25) is 5.02 Å². The minimum Gasteiger partial charge on any atom is -0.457 e. The lowest BCUT2D eigenvalue weighted by Crippen LogP contribution is -2.59. The zero-order valence-corrected chi connectivity index (χ0v) is 23.3. The molecule has 37 heavy (non-hydrogen) atoms. The number of nitrogens with zero attached hydrogens (tertiary/aromatic N) is 2. The third-order valence-electron chi connectivity index (χ3n) is 7.94. The van der Waals surface area contributed by atoms with Crippen LogP contribution in [0.25, 0.3) is 0 Å². The Kier molecular flexibility index (Phi) is 7.56. The maximum atomic E-state index is 13.3. The van der Waals surface area contributed by atoms with E-state index in [9.17, 15) is 8.42 Å². The van der Waals surface area contributed by atoms with Crippen LogP contribution in [0.3, 0.4) is 0 Å². The van der Waals surface area contributed by atoms with Gasteiger partial charge in [0.25, 0.3) is 6.02 Å². The lowest BCUT2D eigenvalue weighted by atomic mass is 9.87. The standard InChI is InChI=1S/C28H36ClN3O4S/c1-19(24-6-4-5-7-25(24)29)30-27-31-37(33,34)26(28(2,3)36-27)16-20-8-10-21(11-9-20)22-12-14-32(15-13-22)23-17-35-18-23/h4-11,19,22-23,26H,12-18H2,1-3H3,(H,30,31). The lowest BCUT2D eigenvalue weighted by Gasteiger charge is -2.41. The van der Waals surface area contributed by atoms with Gasteiger partial charge in [0.15, 0.2) is 0 Å². The van der Waals surface area contributed by atoms with Crippen LogP contribution in [0.15, 0.2) is 53.5 Å². The number of hydrogen-bond donors (Lipinski definition) is 1. The first-order valence-electron chi connectivity index (χ1n) is 13.1. The van der Waals surface area contributed by atoms with Crippen LogP contribution in [0.1, 0.15) is 62.3 Å². The fourth-order valence-electron chi connectivity index (χ4n) is 5.54. The van der Waals surface area contributed by atoms with Crippen molar-refractivity contribution in [2.45, 2.75) is 68.9 Å². The molecule has 3 fully saturated rings. The third-order valence-corrected chi connectivity index (χ3v) is 10.2. The fourth-order valence-corrected chi connectivity index (χ4v) is 7.52. The van der Waals surface area contributed by atoms with Crippen molar-refractivity contribution in [1.29, 1.82) is 0 Å². The number of halogens is 1. The summed E-state index contributed by atoms with van der Waals surface area (Å²) in [5.41, 5.74) is 2.16. The zero-order chi connectivity index (χ0) is 26.2. The number of nitrogens with one attached hydrogen (secondary N) is 1. The Hall–Kier alpha value is -2.13. The summed E-state index contributed by atoms with van der Waals surface area (Å²) >= 11 is 6.29. The van der Waals surface area contributed by atoms with Crippen LogP contribution in [-0.2, 0) is 25.9 Å². The number of aliphatic imine (C=N–C) groups is 1. The van der Waals surface area contributed by atoms with Gasteiger partial charge in [-0.25, -0.2) is 18.1 Å². The summed E-state index contributed by atoms with van der Waals surface area (Å²) in [5.74, 6) is 0.546. The summed E-state index contributed by atoms with van der Waals surface area (Å²) in [5, 5.41) is -0.175. The Bertz CT molecular complexity index is 1240. The Balaban J connectivity index is 1.24. The van der Waals surface area contributed by atoms with Gasteiger partial charge in [0.05, 0.1) is 25.3 Å². The van der Waals surface area contributed by atoms with Gasteiger partial charge in [-0.2, -0.15) is 0 Å². The van der Waals surface area contributed by atoms with E-state index in [0.29, 0.717) is 23.4 Å². The van der Waals surface area contributed by atoms with Gasteiger partial charge in [0, 0.05) is 5.02 Å². The molecule has 0 aliphatic carbocycles. The van der Waals surface area contributed by atoms with Gasteiger partial charge in [-0.15, -0.1) is 0 Å². The molecule has 0 amide bonds. The van der Waals surface area contributed by atoms with E-state index >= 15 is 0 Å². The summed E-state index contributed by atoms with van der Waals surface area (Å²) in [6.45, 7) is 9.42. The second kappa shape index (κ2) is 10.6. The minimum absolute atomic E-state index is 0.00354. The molecular formula is C28H36ClN3O4S. The molecule has 1 N–H and O–H groups in total. The summed E-state index contributed by atoms with van der Waals surface area (Å²) in [4.78, 5) is 7.04. The van der Waals surface area contributed by atoms with E-state index in [0.717, 1.165) is 50.3 Å². The molecule has 3 heterocycles. The van der Waals surface area contributed by atoms with Crippen molar-refractivity contribution in [3.05, 3.63) is 70.2 Å². The van der Waals surface area contributed by atoms with Gasteiger partial charge in [0.2, 0.25) is 10.0 Å². The van der Waals surface area contributed by atoms with Gasteiger partial charge in [-0.3, -0.25) is 4.90 Å². The number of likely N-dealkylation sites (tertiary alicyclic amines) is 1. The molecule has 2 aromatic rings. The van der Waals surface area contributed by atoms with Crippen LogP contribution >= 0.6 is 11.6 Å². The van der Waals surface area contributed by atoms with E-state index in [1.165, 1.54) is 5.56 Å². The quantitative estimate of drug-likeness (QED) is 0.570. The van der Waals surface area contributed by atoms with Gasteiger partial charge in [-0.05, 0) is 81.8 Å². The van der Waals surface area contributed by atoms with Gasteiger partial charge >= 0.3 is 0 Å². The smallest absolute Gasteiger partial charge is 0.299 e. The van der Waals surface area contributed by atoms with Crippen LogP contribution in [0.4, 0.5) is 0 Å². The van der Waals surface area contributed by atoms with Crippen molar-refractivity contribution in [3.8, 4) is 0 Å². The van der Waals surface area contributed by atoms with Gasteiger partial charge in [0.1, 0.15) is 10.9 Å². The van der Waals surface area contributed by atoms with Crippen molar-refractivity contribution in [3.63, 3.8) is 0 Å². The lowest BCUT2D eigenvalue weighted by molar-refractivity contribution is -0.0712. The van der Waals surface area contributed by atoms with Crippen molar-refractivity contribution in [2.75, 3.05) is 26.3 Å². The largest absolute Gasteiger partial charge is 0.457 e. The molecule has 5 rings (SSSR count). The van der Waals surface area contributed by atoms with E-state index in [1.807, 2.05) is 25.1 Å². The molecule has 3 aliphatic rings. The van der Waals surface area contributed by atoms with Crippen molar-refractivity contribution >= 4 is 27.6 Å². The molecule has 2 atom stereocenters. The highest BCUT2D eigenvalue weighted by molar-refractivity contribution is 7.90. The van der Waals surface area contributed by atoms with Crippen LogP contribution in [0, 0.1) is 0 Å². The fraction of sp³-hybridized carbons (Fsp3) is 0.536. The summed E-state index contributed by atoms with van der Waals surface area (Å²) in [6.07, 6.45) is 2.65. The Morgan fingerprint density at radius 1 is 1.11 bits per heavy atom. The normalized spacial score (nSPS) is 26.2. The Labute approximate surface area is 225 Å². The molecule has 200 valence electrons.